The van der Waals surface area contributed by atoms with Gasteiger partial charge in [0.15, 0.2) is 0 Å². The summed E-state index contributed by atoms with van der Waals surface area (Å²) >= 11 is 0. The van der Waals surface area contributed by atoms with Crippen LogP contribution in [0, 0.1) is 11.7 Å². The van der Waals surface area contributed by atoms with Crippen LogP contribution in [0.25, 0.3) is 11.1 Å². The number of benzene rings is 1. The lowest BCUT2D eigenvalue weighted by Crippen LogP contribution is -2.11. The fourth-order valence-corrected chi connectivity index (χ4v) is 3.03. The summed E-state index contributed by atoms with van der Waals surface area (Å²) in [6.07, 6.45) is 4.64. The van der Waals surface area contributed by atoms with Gasteiger partial charge in [-0.05, 0) is 36.5 Å². The molecule has 1 heterocycles. The summed E-state index contributed by atoms with van der Waals surface area (Å²) in [4.78, 5) is 0. The number of rotatable bonds is 2. The molecule has 1 aliphatic rings. The standard InChI is InChI=1S/C16H19FN2O/c1-10-2-4-12(5-3-10)15-14(16(18)20-19-15)11-6-8-13(17)9-7-11/h6-10,12H,2-5,18H2,1H3. The van der Waals surface area contributed by atoms with E-state index in [2.05, 4.69) is 12.1 Å². The van der Waals surface area contributed by atoms with E-state index < -0.39 is 0 Å². The molecule has 20 heavy (non-hydrogen) atoms. The summed E-state index contributed by atoms with van der Waals surface area (Å²) in [6.45, 7) is 2.29. The molecule has 0 atom stereocenters. The topological polar surface area (TPSA) is 52.0 Å². The van der Waals surface area contributed by atoms with Crippen LogP contribution in [0.5, 0.6) is 0 Å². The number of hydrogen-bond donors (Lipinski definition) is 1. The van der Waals surface area contributed by atoms with Gasteiger partial charge in [0.05, 0.1) is 11.3 Å². The van der Waals surface area contributed by atoms with E-state index in [1.165, 1.54) is 25.0 Å². The molecule has 0 aliphatic heterocycles. The van der Waals surface area contributed by atoms with Crippen molar-refractivity contribution >= 4 is 5.88 Å². The Hall–Kier alpha value is -1.84. The Morgan fingerprint density at radius 2 is 1.80 bits per heavy atom. The molecule has 1 aliphatic carbocycles. The molecule has 4 heteroatoms. The lowest BCUT2D eigenvalue weighted by molar-refractivity contribution is 0.331. The molecule has 0 spiro atoms. The van der Waals surface area contributed by atoms with Gasteiger partial charge in [-0.3, -0.25) is 0 Å². The number of halogens is 1. The highest BCUT2D eigenvalue weighted by molar-refractivity contribution is 5.75. The minimum atomic E-state index is -0.253. The molecule has 0 saturated heterocycles. The zero-order valence-corrected chi connectivity index (χ0v) is 11.6. The first-order chi connectivity index (χ1) is 9.65. The number of hydrogen-bond acceptors (Lipinski definition) is 3. The Morgan fingerprint density at radius 3 is 2.45 bits per heavy atom. The monoisotopic (exact) mass is 274 g/mol. The molecule has 1 aromatic carbocycles. The van der Waals surface area contributed by atoms with E-state index >= 15 is 0 Å². The Balaban J connectivity index is 1.95. The number of nitrogens with two attached hydrogens (primary N) is 1. The minimum Gasteiger partial charge on any atom is -0.367 e. The molecule has 1 aromatic heterocycles. The van der Waals surface area contributed by atoms with Crippen molar-refractivity contribution in [1.82, 2.24) is 5.16 Å². The maximum Gasteiger partial charge on any atom is 0.230 e. The smallest absolute Gasteiger partial charge is 0.230 e. The summed E-state index contributed by atoms with van der Waals surface area (Å²) in [5.41, 5.74) is 8.57. The van der Waals surface area contributed by atoms with E-state index in [9.17, 15) is 4.39 Å². The molecule has 1 fully saturated rings. The average molecular weight is 274 g/mol. The van der Waals surface area contributed by atoms with Crippen LogP contribution in [0.3, 0.4) is 0 Å². The fourth-order valence-electron chi connectivity index (χ4n) is 3.03. The van der Waals surface area contributed by atoms with Crippen molar-refractivity contribution in [2.45, 2.75) is 38.5 Å². The van der Waals surface area contributed by atoms with Crippen molar-refractivity contribution in [3.8, 4) is 11.1 Å². The van der Waals surface area contributed by atoms with Gasteiger partial charge in [0.2, 0.25) is 5.88 Å². The molecule has 0 radical (unpaired) electrons. The molecule has 2 aromatic rings. The molecule has 0 bridgehead atoms. The van der Waals surface area contributed by atoms with Crippen molar-refractivity contribution in [3.05, 3.63) is 35.8 Å². The summed E-state index contributed by atoms with van der Waals surface area (Å²) in [7, 11) is 0. The molecular formula is C16H19FN2O. The maximum absolute atomic E-state index is 13.1. The molecule has 0 unspecified atom stereocenters. The second-order valence-corrected chi connectivity index (χ2v) is 5.77. The zero-order chi connectivity index (χ0) is 14.1. The van der Waals surface area contributed by atoms with Gasteiger partial charge in [-0.15, -0.1) is 0 Å². The highest BCUT2D eigenvalue weighted by Gasteiger charge is 2.27. The van der Waals surface area contributed by atoms with Gasteiger partial charge < -0.3 is 10.3 Å². The Labute approximate surface area is 118 Å². The van der Waals surface area contributed by atoms with Crippen molar-refractivity contribution < 1.29 is 8.91 Å². The lowest BCUT2D eigenvalue weighted by Gasteiger charge is -2.25. The minimum absolute atomic E-state index is 0.253. The molecule has 106 valence electrons. The summed E-state index contributed by atoms with van der Waals surface area (Å²) in [5.74, 6) is 1.25. The Morgan fingerprint density at radius 1 is 1.15 bits per heavy atom. The van der Waals surface area contributed by atoms with Gasteiger partial charge in [0, 0.05) is 5.92 Å². The molecule has 3 rings (SSSR count). The molecule has 1 saturated carbocycles. The largest absolute Gasteiger partial charge is 0.367 e. The van der Waals surface area contributed by atoms with Crippen molar-refractivity contribution in [2.75, 3.05) is 5.73 Å². The summed E-state index contributed by atoms with van der Waals surface area (Å²) in [6, 6.07) is 6.34. The first-order valence-electron chi connectivity index (χ1n) is 7.16. The molecule has 2 N–H and O–H groups in total. The number of aromatic nitrogens is 1. The van der Waals surface area contributed by atoms with E-state index in [1.807, 2.05) is 0 Å². The van der Waals surface area contributed by atoms with Crippen LogP contribution < -0.4 is 5.73 Å². The normalized spacial score (nSPS) is 22.9. The van der Waals surface area contributed by atoms with Crippen LogP contribution in [0.2, 0.25) is 0 Å². The molecular weight excluding hydrogens is 255 g/mol. The first kappa shape index (κ1) is 13.2. The SMILES string of the molecule is CC1CCC(c2noc(N)c2-c2ccc(F)cc2)CC1. The first-order valence-corrected chi connectivity index (χ1v) is 7.16. The highest BCUT2D eigenvalue weighted by Crippen LogP contribution is 2.41. The van der Waals surface area contributed by atoms with Gasteiger partial charge >= 0.3 is 0 Å². The lowest BCUT2D eigenvalue weighted by atomic mass is 9.80. The molecule has 3 nitrogen and oxygen atoms in total. The Bertz CT molecular complexity index is 583. The summed E-state index contributed by atoms with van der Waals surface area (Å²) in [5, 5.41) is 4.17. The highest BCUT2D eigenvalue weighted by atomic mass is 19.1. The van der Waals surface area contributed by atoms with Gasteiger partial charge in [-0.1, -0.05) is 37.1 Å². The van der Waals surface area contributed by atoms with Crippen LogP contribution in [0.1, 0.15) is 44.2 Å². The third-order valence-corrected chi connectivity index (χ3v) is 4.28. The number of nitrogen functional groups attached to an aromatic ring is 1. The van der Waals surface area contributed by atoms with E-state index in [0.717, 1.165) is 35.6 Å². The van der Waals surface area contributed by atoms with Crippen LogP contribution in [-0.4, -0.2) is 5.16 Å². The van der Waals surface area contributed by atoms with E-state index in [0.29, 0.717) is 11.8 Å². The second kappa shape index (κ2) is 5.27. The number of anilines is 1. The third-order valence-electron chi connectivity index (χ3n) is 4.28. The predicted molar refractivity (Wildman–Crippen MR) is 76.7 cm³/mol. The Kier molecular flexibility index (Phi) is 3.47. The third kappa shape index (κ3) is 2.42. The van der Waals surface area contributed by atoms with Crippen molar-refractivity contribution in [3.63, 3.8) is 0 Å². The van der Waals surface area contributed by atoms with Gasteiger partial charge in [-0.25, -0.2) is 4.39 Å². The van der Waals surface area contributed by atoms with Crippen molar-refractivity contribution in [2.24, 2.45) is 5.92 Å². The van der Waals surface area contributed by atoms with Gasteiger partial charge in [0.25, 0.3) is 0 Å². The fraction of sp³-hybridized carbons (Fsp3) is 0.438. The van der Waals surface area contributed by atoms with Crippen LogP contribution in [0.4, 0.5) is 10.3 Å². The van der Waals surface area contributed by atoms with Crippen LogP contribution in [0.15, 0.2) is 28.8 Å². The van der Waals surface area contributed by atoms with Crippen molar-refractivity contribution in [1.29, 1.82) is 0 Å². The molecule has 0 amide bonds. The van der Waals surface area contributed by atoms with E-state index in [-0.39, 0.29) is 5.82 Å². The number of nitrogens with zero attached hydrogens (tertiary/aromatic N) is 1. The van der Waals surface area contributed by atoms with E-state index in [4.69, 9.17) is 10.3 Å². The second-order valence-electron chi connectivity index (χ2n) is 5.77. The summed E-state index contributed by atoms with van der Waals surface area (Å²) < 4.78 is 18.3. The van der Waals surface area contributed by atoms with Gasteiger partial charge in [0.1, 0.15) is 5.82 Å². The van der Waals surface area contributed by atoms with Crippen LogP contribution in [-0.2, 0) is 0 Å². The van der Waals surface area contributed by atoms with E-state index in [1.54, 1.807) is 12.1 Å². The average Bonchev–Trinajstić information content (AvgIpc) is 2.83. The van der Waals surface area contributed by atoms with Crippen LogP contribution >= 0.6 is 0 Å². The maximum atomic E-state index is 13.1. The zero-order valence-electron chi connectivity index (χ0n) is 11.6. The van der Waals surface area contributed by atoms with Gasteiger partial charge in [-0.2, -0.15) is 0 Å². The predicted octanol–water partition coefficient (Wildman–Crippen LogP) is 4.36. The quantitative estimate of drug-likeness (QED) is 0.885.